The Morgan fingerprint density at radius 2 is 1.87 bits per heavy atom. The van der Waals surface area contributed by atoms with Gasteiger partial charge < -0.3 is 10.1 Å². The topological polar surface area (TPSA) is 61.9 Å². The van der Waals surface area contributed by atoms with E-state index in [-0.39, 0.29) is 11.9 Å². The molecule has 2 heterocycles. The number of ether oxygens (including phenoxy) is 1. The van der Waals surface area contributed by atoms with Crippen molar-refractivity contribution in [1.82, 2.24) is 9.80 Å². The first-order valence-electron chi connectivity index (χ1n) is 10.8. The van der Waals surface area contributed by atoms with Crippen molar-refractivity contribution in [2.24, 2.45) is 0 Å². The van der Waals surface area contributed by atoms with Crippen LogP contribution in [0.4, 0.5) is 5.00 Å². The van der Waals surface area contributed by atoms with Crippen LogP contribution in [-0.2, 0) is 28.9 Å². The monoisotopic (exact) mass is 461 g/mol. The molecule has 1 fully saturated rings. The van der Waals surface area contributed by atoms with Gasteiger partial charge in [-0.25, -0.2) is 4.79 Å². The number of nitrogens with one attached hydrogen (secondary N) is 1. The van der Waals surface area contributed by atoms with Gasteiger partial charge >= 0.3 is 5.97 Å². The van der Waals surface area contributed by atoms with Crippen molar-refractivity contribution in [3.05, 3.63) is 50.9 Å². The first-order valence-corrected chi connectivity index (χ1v) is 12.0. The molecule has 0 radical (unpaired) electrons. The Hall–Kier alpha value is -1.93. The van der Waals surface area contributed by atoms with Gasteiger partial charge in [0.05, 0.1) is 18.7 Å². The van der Waals surface area contributed by atoms with Crippen molar-refractivity contribution in [3.8, 4) is 0 Å². The van der Waals surface area contributed by atoms with Gasteiger partial charge in [0.2, 0.25) is 5.91 Å². The van der Waals surface area contributed by atoms with E-state index in [4.69, 9.17) is 16.3 Å². The molecule has 0 saturated carbocycles. The molecule has 8 heteroatoms. The maximum Gasteiger partial charge on any atom is 0.341 e. The number of carbonyl (C=O) groups is 2. The first kappa shape index (κ1) is 22.3. The highest BCUT2D eigenvalue weighted by molar-refractivity contribution is 7.17. The standard InChI is InChI=1S/C23H28ClN3O3S/c1-2-30-23(29)21-17-7-5-9-19(17)31-22(21)25-20(28)15-27-12-10-26(11-13-27)14-16-6-3-4-8-18(16)24/h3-4,6,8H,2,5,7,9-15H2,1H3,(H,25,28). The lowest BCUT2D eigenvalue weighted by molar-refractivity contribution is -0.117. The molecule has 6 nitrogen and oxygen atoms in total. The van der Waals surface area contributed by atoms with Crippen molar-refractivity contribution < 1.29 is 14.3 Å². The highest BCUT2D eigenvalue weighted by atomic mass is 35.5. The Balaban J connectivity index is 1.31. The number of piperazine rings is 1. The lowest BCUT2D eigenvalue weighted by Gasteiger charge is -2.34. The summed E-state index contributed by atoms with van der Waals surface area (Å²) in [6, 6.07) is 7.93. The fourth-order valence-electron chi connectivity index (χ4n) is 4.25. The van der Waals surface area contributed by atoms with Gasteiger partial charge in [-0.05, 0) is 43.4 Å². The highest BCUT2D eigenvalue weighted by Gasteiger charge is 2.29. The molecule has 4 rings (SSSR count). The second-order valence-electron chi connectivity index (χ2n) is 7.97. The molecule has 0 spiro atoms. The Labute approximate surface area is 192 Å². The Morgan fingerprint density at radius 1 is 1.13 bits per heavy atom. The molecule has 2 aliphatic rings. The summed E-state index contributed by atoms with van der Waals surface area (Å²) >= 11 is 7.80. The van der Waals surface area contributed by atoms with Crippen LogP contribution in [0.25, 0.3) is 0 Å². The Bertz CT molecular complexity index is 954. The number of thiophene rings is 1. The fraction of sp³-hybridized carbons (Fsp3) is 0.478. The molecule has 2 aromatic rings. The number of halogens is 1. The van der Waals surface area contributed by atoms with Crippen molar-refractivity contribution in [3.63, 3.8) is 0 Å². The second kappa shape index (κ2) is 10.1. The molecule has 1 aromatic heterocycles. The van der Waals surface area contributed by atoms with Crippen LogP contribution in [0.2, 0.25) is 5.02 Å². The largest absolute Gasteiger partial charge is 0.462 e. The van der Waals surface area contributed by atoms with E-state index in [0.717, 1.165) is 68.1 Å². The maximum atomic E-state index is 12.7. The van der Waals surface area contributed by atoms with Crippen molar-refractivity contribution in [2.45, 2.75) is 32.7 Å². The molecule has 31 heavy (non-hydrogen) atoms. The van der Waals surface area contributed by atoms with Gasteiger partial charge in [-0.2, -0.15) is 0 Å². The van der Waals surface area contributed by atoms with Crippen LogP contribution in [0, 0.1) is 0 Å². The number of amides is 1. The molecule has 0 unspecified atom stereocenters. The van der Waals surface area contributed by atoms with E-state index in [2.05, 4.69) is 21.2 Å². The van der Waals surface area contributed by atoms with Crippen molar-refractivity contribution >= 4 is 39.8 Å². The molecule has 166 valence electrons. The molecule has 1 aliphatic heterocycles. The number of anilines is 1. The van der Waals surface area contributed by atoms with Crippen LogP contribution in [0.1, 0.15) is 39.7 Å². The third kappa shape index (κ3) is 5.29. The van der Waals surface area contributed by atoms with E-state index < -0.39 is 0 Å². The molecule has 1 saturated heterocycles. The lowest BCUT2D eigenvalue weighted by atomic mass is 10.1. The summed E-state index contributed by atoms with van der Waals surface area (Å²) in [4.78, 5) is 30.9. The number of hydrogen-bond acceptors (Lipinski definition) is 6. The number of benzene rings is 1. The van der Waals surface area contributed by atoms with Crippen molar-refractivity contribution in [1.29, 1.82) is 0 Å². The SMILES string of the molecule is CCOC(=O)c1c(NC(=O)CN2CCN(Cc3ccccc3Cl)CC2)sc2c1CCC2. The third-order valence-corrected chi connectivity index (χ3v) is 7.41. The van der Waals surface area contributed by atoms with Gasteiger partial charge in [-0.3, -0.25) is 14.6 Å². The van der Waals surface area contributed by atoms with Gasteiger partial charge in [-0.1, -0.05) is 29.8 Å². The van der Waals surface area contributed by atoms with E-state index in [1.807, 2.05) is 18.2 Å². The number of rotatable bonds is 7. The second-order valence-corrected chi connectivity index (χ2v) is 9.49. The van der Waals surface area contributed by atoms with Crippen LogP contribution < -0.4 is 5.32 Å². The summed E-state index contributed by atoms with van der Waals surface area (Å²) in [7, 11) is 0. The minimum absolute atomic E-state index is 0.0787. The fourth-order valence-corrected chi connectivity index (χ4v) is 5.74. The van der Waals surface area contributed by atoms with Crippen molar-refractivity contribution in [2.75, 3.05) is 44.6 Å². The summed E-state index contributed by atoms with van der Waals surface area (Å²) < 4.78 is 5.24. The molecular weight excluding hydrogens is 434 g/mol. The van der Waals surface area contributed by atoms with E-state index >= 15 is 0 Å². The minimum atomic E-state index is -0.328. The highest BCUT2D eigenvalue weighted by Crippen LogP contribution is 2.39. The van der Waals surface area contributed by atoms with Crippen LogP contribution >= 0.6 is 22.9 Å². The summed E-state index contributed by atoms with van der Waals surface area (Å²) in [5.41, 5.74) is 2.76. The van der Waals surface area contributed by atoms with Gasteiger partial charge in [0.25, 0.3) is 0 Å². The van der Waals surface area contributed by atoms with Gasteiger partial charge in [-0.15, -0.1) is 11.3 Å². The molecule has 1 aliphatic carbocycles. The zero-order valence-corrected chi connectivity index (χ0v) is 19.4. The van der Waals surface area contributed by atoms with Crippen LogP contribution in [0.3, 0.4) is 0 Å². The van der Waals surface area contributed by atoms with Gasteiger partial charge in [0.1, 0.15) is 5.00 Å². The zero-order valence-electron chi connectivity index (χ0n) is 17.8. The molecule has 1 aromatic carbocycles. The molecule has 0 bridgehead atoms. The number of carbonyl (C=O) groups excluding carboxylic acids is 2. The minimum Gasteiger partial charge on any atom is -0.462 e. The van der Waals surface area contributed by atoms with Crippen LogP contribution in [0.5, 0.6) is 0 Å². The Morgan fingerprint density at radius 3 is 2.61 bits per heavy atom. The number of nitrogens with zero attached hydrogens (tertiary/aromatic N) is 2. The average molecular weight is 462 g/mol. The van der Waals surface area contributed by atoms with E-state index in [1.54, 1.807) is 6.92 Å². The third-order valence-electron chi connectivity index (χ3n) is 5.84. The van der Waals surface area contributed by atoms with Crippen LogP contribution in [-0.4, -0.2) is 61.0 Å². The number of hydrogen-bond donors (Lipinski definition) is 1. The quantitative estimate of drug-likeness (QED) is 0.635. The Kier molecular flexibility index (Phi) is 7.27. The first-order chi connectivity index (χ1) is 15.0. The van der Waals surface area contributed by atoms with E-state index in [0.29, 0.717) is 23.7 Å². The molecule has 0 atom stereocenters. The summed E-state index contributed by atoms with van der Waals surface area (Å²) in [6.45, 7) is 6.70. The molecule has 1 N–H and O–H groups in total. The zero-order chi connectivity index (χ0) is 21.8. The predicted molar refractivity (Wildman–Crippen MR) is 124 cm³/mol. The number of aryl methyl sites for hydroxylation is 1. The summed E-state index contributed by atoms with van der Waals surface area (Å²) in [5, 5.41) is 4.43. The van der Waals surface area contributed by atoms with Gasteiger partial charge in [0.15, 0.2) is 0 Å². The summed E-state index contributed by atoms with van der Waals surface area (Å²) in [5.74, 6) is -0.407. The molecular formula is C23H28ClN3O3S. The summed E-state index contributed by atoms with van der Waals surface area (Å²) in [6.07, 6.45) is 2.90. The van der Waals surface area contributed by atoms with E-state index in [9.17, 15) is 9.59 Å². The van der Waals surface area contributed by atoms with Crippen LogP contribution in [0.15, 0.2) is 24.3 Å². The number of esters is 1. The smallest absolute Gasteiger partial charge is 0.341 e. The predicted octanol–water partition coefficient (Wildman–Crippen LogP) is 3.82. The van der Waals surface area contributed by atoms with E-state index in [1.165, 1.54) is 16.2 Å². The average Bonchev–Trinajstić information content (AvgIpc) is 3.32. The normalized spacial score (nSPS) is 16.8. The molecule has 1 amide bonds. The number of fused-ring (bicyclic) bond motifs is 1. The lowest BCUT2D eigenvalue weighted by Crippen LogP contribution is -2.48. The maximum absolute atomic E-state index is 12.7. The van der Waals surface area contributed by atoms with Gasteiger partial charge in [0, 0.05) is 42.6 Å².